The van der Waals surface area contributed by atoms with Gasteiger partial charge in [0.2, 0.25) is 0 Å². The molecule has 118 valence electrons. The predicted molar refractivity (Wildman–Crippen MR) is 107 cm³/mol. The minimum atomic E-state index is 1.20. The molecule has 1 N–H and O–H groups in total. The van der Waals surface area contributed by atoms with Gasteiger partial charge in [0.15, 0.2) is 0 Å². The van der Waals surface area contributed by atoms with Crippen molar-refractivity contribution in [2.24, 2.45) is 7.05 Å². The molecule has 0 spiro atoms. The first-order chi connectivity index (χ1) is 12.3. The van der Waals surface area contributed by atoms with E-state index in [-0.39, 0.29) is 0 Å². The van der Waals surface area contributed by atoms with Crippen LogP contribution in [0.15, 0.2) is 72.8 Å². The highest BCUT2D eigenvalue weighted by Crippen LogP contribution is 2.37. The van der Waals surface area contributed by atoms with Gasteiger partial charge in [0.05, 0.1) is 11.0 Å². The summed E-state index contributed by atoms with van der Waals surface area (Å²) in [7, 11) is 2.17. The Morgan fingerprint density at radius 2 is 1.20 bits per heavy atom. The van der Waals surface area contributed by atoms with Gasteiger partial charge in [-0.3, -0.25) is 0 Å². The molecule has 0 aliphatic heterocycles. The zero-order chi connectivity index (χ0) is 16.5. The summed E-state index contributed by atoms with van der Waals surface area (Å²) in [6, 6.07) is 26.2. The second-order valence-corrected chi connectivity index (χ2v) is 6.79. The molecule has 6 aromatic rings. The number of H-pyrrole nitrogens is 1. The van der Waals surface area contributed by atoms with Crippen LogP contribution < -0.4 is 0 Å². The van der Waals surface area contributed by atoms with E-state index in [9.17, 15) is 0 Å². The van der Waals surface area contributed by atoms with E-state index in [0.29, 0.717) is 0 Å². The summed E-state index contributed by atoms with van der Waals surface area (Å²) in [4.78, 5) is 3.63. The first-order valence-electron chi connectivity index (χ1n) is 8.62. The highest BCUT2D eigenvalue weighted by molar-refractivity contribution is 6.24. The van der Waals surface area contributed by atoms with Crippen molar-refractivity contribution < 1.29 is 0 Å². The number of hydrogen-bond acceptors (Lipinski definition) is 0. The molecular formula is C23H16N2. The molecule has 0 aliphatic carbocycles. The highest BCUT2D eigenvalue weighted by atomic mass is 14.9. The van der Waals surface area contributed by atoms with E-state index in [0.717, 1.165) is 0 Å². The van der Waals surface area contributed by atoms with Gasteiger partial charge in [-0.05, 0) is 12.1 Å². The second kappa shape index (κ2) is 4.42. The fourth-order valence-corrected chi connectivity index (χ4v) is 4.40. The van der Waals surface area contributed by atoms with E-state index in [1.54, 1.807) is 0 Å². The van der Waals surface area contributed by atoms with E-state index in [1.165, 1.54) is 54.4 Å². The molecule has 0 fully saturated rings. The summed E-state index contributed by atoms with van der Waals surface area (Å²) in [5.41, 5.74) is 5.01. The molecule has 2 nitrogen and oxygen atoms in total. The number of rotatable bonds is 0. The number of aromatic nitrogens is 2. The quantitative estimate of drug-likeness (QED) is 0.348. The number of aryl methyl sites for hydroxylation is 1. The maximum absolute atomic E-state index is 3.63. The van der Waals surface area contributed by atoms with E-state index >= 15 is 0 Å². The molecule has 2 heterocycles. The number of aromatic amines is 1. The van der Waals surface area contributed by atoms with Crippen molar-refractivity contribution in [2.45, 2.75) is 0 Å². The second-order valence-electron chi connectivity index (χ2n) is 6.79. The minimum absolute atomic E-state index is 1.20. The Morgan fingerprint density at radius 3 is 2.04 bits per heavy atom. The van der Waals surface area contributed by atoms with Crippen molar-refractivity contribution in [3.05, 3.63) is 72.8 Å². The van der Waals surface area contributed by atoms with Gasteiger partial charge in [-0.25, -0.2) is 0 Å². The van der Waals surface area contributed by atoms with Crippen molar-refractivity contribution in [1.82, 2.24) is 9.55 Å². The fraction of sp³-hybridized carbons (Fsp3) is 0.0435. The van der Waals surface area contributed by atoms with Crippen molar-refractivity contribution in [3.63, 3.8) is 0 Å². The van der Waals surface area contributed by atoms with Crippen LogP contribution in [0.1, 0.15) is 0 Å². The van der Waals surface area contributed by atoms with Gasteiger partial charge < -0.3 is 9.55 Å². The molecule has 0 bridgehead atoms. The van der Waals surface area contributed by atoms with Crippen LogP contribution in [0.3, 0.4) is 0 Å². The number of nitrogens with one attached hydrogen (secondary N) is 1. The minimum Gasteiger partial charge on any atom is -0.354 e. The Balaban J connectivity index is 1.89. The van der Waals surface area contributed by atoms with Gasteiger partial charge in [-0.2, -0.15) is 0 Å². The fourth-order valence-electron chi connectivity index (χ4n) is 4.40. The maximum Gasteiger partial charge on any atom is 0.0569 e. The topological polar surface area (TPSA) is 20.7 Å². The lowest BCUT2D eigenvalue weighted by Gasteiger charge is -2.05. The molecule has 2 heteroatoms. The van der Waals surface area contributed by atoms with Gasteiger partial charge in [-0.1, -0.05) is 60.7 Å². The van der Waals surface area contributed by atoms with Crippen molar-refractivity contribution in [1.29, 1.82) is 0 Å². The number of hydrogen-bond donors (Lipinski definition) is 1. The lowest BCUT2D eigenvalue weighted by atomic mass is 10.0. The zero-order valence-corrected chi connectivity index (χ0v) is 13.9. The molecule has 25 heavy (non-hydrogen) atoms. The number of nitrogens with zero attached hydrogens (tertiary/aromatic N) is 1. The molecule has 0 radical (unpaired) electrons. The van der Waals surface area contributed by atoms with E-state index in [1.807, 2.05) is 0 Å². The lowest BCUT2D eigenvalue weighted by Crippen LogP contribution is -1.88. The van der Waals surface area contributed by atoms with Crippen LogP contribution in [0.25, 0.3) is 54.4 Å². The summed E-state index contributed by atoms with van der Waals surface area (Å²) in [5.74, 6) is 0. The average Bonchev–Trinajstić information content (AvgIpc) is 3.18. The third kappa shape index (κ3) is 1.54. The Hall–Kier alpha value is -3.26. The van der Waals surface area contributed by atoms with E-state index in [4.69, 9.17) is 0 Å². The Bertz CT molecular complexity index is 1450. The summed E-state index contributed by atoms with van der Waals surface area (Å²) in [6.07, 6.45) is 0. The van der Waals surface area contributed by atoms with Crippen molar-refractivity contribution in [3.8, 4) is 0 Å². The molecule has 6 rings (SSSR count). The van der Waals surface area contributed by atoms with Crippen LogP contribution in [-0.2, 0) is 7.05 Å². The molecule has 0 aliphatic rings. The van der Waals surface area contributed by atoms with Crippen LogP contribution in [-0.4, -0.2) is 9.55 Å². The van der Waals surface area contributed by atoms with Crippen molar-refractivity contribution >= 4 is 54.4 Å². The molecule has 0 atom stereocenters. The van der Waals surface area contributed by atoms with Gasteiger partial charge in [-0.15, -0.1) is 0 Å². The maximum atomic E-state index is 3.63. The molecule has 2 aromatic heterocycles. The normalized spacial score (nSPS) is 12.2. The largest absolute Gasteiger partial charge is 0.354 e. The summed E-state index contributed by atoms with van der Waals surface area (Å²) < 4.78 is 2.32. The summed E-state index contributed by atoms with van der Waals surface area (Å²) >= 11 is 0. The molecule has 0 saturated heterocycles. The molecule has 4 aromatic carbocycles. The van der Waals surface area contributed by atoms with Gasteiger partial charge >= 0.3 is 0 Å². The predicted octanol–water partition coefficient (Wildman–Crippen LogP) is 6.12. The van der Waals surface area contributed by atoms with E-state index < -0.39 is 0 Å². The number of fused-ring (bicyclic) bond motifs is 9. The van der Waals surface area contributed by atoms with E-state index in [2.05, 4.69) is 89.4 Å². The summed E-state index contributed by atoms with van der Waals surface area (Å²) in [6.45, 7) is 0. The first kappa shape index (κ1) is 13.1. The monoisotopic (exact) mass is 320 g/mol. The Morgan fingerprint density at radius 1 is 0.600 bits per heavy atom. The van der Waals surface area contributed by atoms with Gasteiger partial charge in [0.25, 0.3) is 0 Å². The number of para-hydroxylation sites is 2. The molecule has 0 saturated carbocycles. The SMILES string of the molecule is Cn1c2ccccc2c2ccc3c(ccc4c5ccccc5[nH]c43)c21. The van der Waals surface area contributed by atoms with Crippen LogP contribution in [0.4, 0.5) is 0 Å². The standard InChI is InChI=1S/C23H16N2/c1-25-21-9-5-3-7-15(21)18-12-11-17-19(23(18)25)13-10-16-14-6-2-4-8-20(14)24-22(16)17/h2-13,24H,1H3. The molecule has 0 amide bonds. The van der Waals surface area contributed by atoms with Gasteiger partial charge in [0.1, 0.15) is 0 Å². The van der Waals surface area contributed by atoms with Crippen LogP contribution >= 0.6 is 0 Å². The lowest BCUT2D eigenvalue weighted by molar-refractivity contribution is 1.02. The van der Waals surface area contributed by atoms with Crippen LogP contribution in [0.5, 0.6) is 0 Å². The summed E-state index contributed by atoms with van der Waals surface area (Å²) in [5, 5.41) is 7.81. The first-order valence-corrected chi connectivity index (χ1v) is 8.62. The third-order valence-electron chi connectivity index (χ3n) is 5.54. The zero-order valence-electron chi connectivity index (χ0n) is 13.9. The molecule has 0 unspecified atom stereocenters. The van der Waals surface area contributed by atoms with Crippen molar-refractivity contribution in [2.75, 3.05) is 0 Å². The number of benzene rings is 4. The van der Waals surface area contributed by atoms with Gasteiger partial charge in [0, 0.05) is 50.4 Å². The Labute approximate surface area is 144 Å². The average molecular weight is 320 g/mol. The van der Waals surface area contributed by atoms with Crippen LogP contribution in [0.2, 0.25) is 0 Å². The van der Waals surface area contributed by atoms with Crippen LogP contribution in [0, 0.1) is 0 Å². The molecular weight excluding hydrogens is 304 g/mol. The smallest absolute Gasteiger partial charge is 0.0569 e. The Kier molecular flexibility index (Phi) is 2.31. The highest BCUT2D eigenvalue weighted by Gasteiger charge is 2.13. The third-order valence-corrected chi connectivity index (χ3v) is 5.54.